The number of ether oxygens (including phenoxy) is 1. The first kappa shape index (κ1) is 16.3. The molecule has 1 aromatic carbocycles. The van der Waals surface area contributed by atoms with Crippen LogP contribution in [-0.4, -0.2) is 29.9 Å². The van der Waals surface area contributed by atoms with E-state index in [9.17, 15) is 0 Å². The number of likely N-dealkylation sites (tertiary alicyclic amines) is 1. The highest BCUT2D eigenvalue weighted by Gasteiger charge is 2.43. The Morgan fingerprint density at radius 1 is 1.23 bits per heavy atom. The second-order valence-electron chi connectivity index (χ2n) is 7.38. The molecule has 1 unspecified atom stereocenters. The minimum absolute atomic E-state index is 0.300. The van der Waals surface area contributed by atoms with Gasteiger partial charge in [-0.25, -0.2) is 0 Å². The third-order valence-electron chi connectivity index (χ3n) is 5.13. The van der Waals surface area contributed by atoms with Crippen LogP contribution in [0.25, 0.3) is 0 Å². The van der Waals surface area contributed by atoms with E-state index in [1.165, 1.54) is 43.5 Å². The van der Waals surface area contributed by atoms with Crippen molar-refractivity contribution >= 4 is 15.9 Å². The number of alkyl halides is 1. The van der Waals surface area contributed by atoms with Crippen LogP contribution in [0.3, 0.4) is 0 Å². The Bertz CT molecular complexity index is 508. The molecule has 1 heterocycles. The zero-order chi connectivity index (χ0) is 15.6. The Morgan fingerprint density at radius 3 is 2.73 bits per heavy atom. The van der Waals surface area contributed by atoms with E-state index in [2.05, 4.69) is 52.9 Å². The molecule has 0 aromatic heterocycles. The number of hydrogen-bond donors (Lipinski definition) is 0. The van der Waals surface area contributed by atoms with E-state index in [4.69, 9.17) is 4.74 Å². The SMILES string of the molecule is CC1(C)Cc2c(OCCCBr)cccc2C1N1CCCCC1. The molecular weight excluding hydrogens is 338 g/mol. The standard InChI is InChI=1S/C19H28BrNO/c1-19(2)14-16-15(18(19)21-11-4-3-5-12-21)8-6-9-17(16)22-13-7-10-20/h6,8-9,18H,3-5,7,10-14H2,1-2H3. The van der Waals surface area contributed by atoms with Gasteiger partial charge >= 0.3 is 0 Å². The minimum Gasteiger partial charge on any atom is -0.493 e. The van der Waals surface area contributed by atoms with Crippen LogP contribution in [0.2, 0.25) is 0 Å². The fraction of sp³-hybridized carbons (Fsp3) is 0.684. The van der Waals surface area contributed by atoms with Crippen LogP contribution >= 0.6 is 15.9 Å². The Balaban J connectivity index is 1.86. The highest BCUT2D eigenvalue weighted by molar-refractivity contribution is 9.09. The summed E-state index contributed by atoms with van der Waals surface area (Å²) in [5, 5.41) is 1.00. The van der Waals surface area contributed by atoms with Crippen LogP contribution in [-0.2, 0) is 6.42 Å². The van der Waals surface area contributed by atoms with Crippen molar-refractivity contribution in [2.45, 2.75) is 52.0 Å². The van der Waals surface area contributed by atoms with Crippen LogP contribution in [0.15, 0.2) is 18.2 Å². The first-order valence-electron chi connectivity index (χ1n) is 8.68. The van der Waals surface area contributed by atoms with Crippen LogP contribution in [0.4, 0.5) is 0 Å². The number of benzene rings is 1. The van der Waals surface area contributed by atoms with Gasteiger partial charge in [0.15, 0.2) is 0 Å². The summed E-state index contributed by atoms with van der Waals surface area (Å²) < 4.78 is 6.07. The predicted molar refractivity (Wildman–Crippen MR) is 96.0 cm³/mol. The van der Waals surface area contributed by atoms with Crippen molar-refractivity contribution in [3.8, 4) is 5.75 Å². The molecule has 0 N–H and O–H groups in total. The van der Waals surface area contributed by atoms with Crippen molar-refractivity contribution in [2.24, 2.45) is 5.41 Å². The van der Waals surface area contributed by atoms with Crippen molar-refractivity contribution in [3.05, 3.63) is 29.3 Å². The lowest BCUT2D eigenvalue weighted by Gasteiger charge is -2.40. The summed E-state index contributed by atoms with van der Waals surface area (Å²) in [6.07, 6.45) is 6.29. The van der Waals surface area contributed by atoms with Crippen LogP contribution in [0.1, 0.15) is 56.7 Å². The smallest absolute Gasteiger partial charge is 0.122 e. The number of halogens is 1. The first-order valence-corrected chi connectivity index (χ1v) is 9.80. The maximum atomic E-state index is 6.07. The summed E-state index contributed by atoms with van der Waals surface area (Å²) in [7, 11) is 0. The predicted octanol–water partition coefficient (Wildman–Crippen LogP) is 4.96. The molecule has 2 nitrogen and oxygen atoms in total. The summed E-state index contributed by atoms with van der Waals surface area (Å²) in [5.41, 5.74) is 3.27. The zero-order valence-corrected chi connectivity index (χ0v) is 15.5. The highest BCUT2D eigenvalue weighted by Crippen LogP contribution is 2.51. The summed E-state index contributed by atoms with van der Waals surface area (Å²) in [5.74, 6) is 1.12. The molecule has 0 saturated carbocycles. The van der Waals surface area contributed by atoms with Gasteiger partial charge in [-0.2, -0.15) is 0 Å². The van der Waals surface area contributed by atoms with E-state index in [1.54, 1.807) is 0 Å². The molecule has 1 aliphatic heterocycles. The molecule has 1 aliphatic carbocycles. The van der Waals surface area contributed by atoms with E-state index < -0.39 is 0 Å². The first-order chi connectivity index (χ1) is 10.6. The van der Waals surface area contributed by atoms with Crippen molar-refractivity contribution < 1.29 is 4.74 Å². The van der Waals surface area contributed by atoms with Crippen LogP contribution in [0.5, 0.6) is 5.75 Å². The summed E-state index contributed by atoms with van der Waals surface area (Å²) in [6.45, 7) is 8.16. The van der Waals surface area contributed by atoms with Crippen molar-refractivity contribution in [1.29, 1.82) is 0 Å². The minimum atomic E-state index is 0.300. The second kappa shape index (κ2) is 6.92. The maximum Gasteiger partial charge on any atom is 0.122 e. The van der Waals surface area contributed by atoms with Crippen molar-refractivity contribution in [2.75, 3.05) is 25.0 Å². The molecule has 22 heavy (non-hydrogen) atoms. The monoisotopic (exact) mass is 365 g/mol. The number of rotatable bonds is 5. The van der Waals surface area contributed by atoms with Crippen LogP contribution in [0, 0.1) is 5.41 Å². The molecule has 1 fully saturated rings. The quantitative estimate of drug-likeness (QED) is 0.540. The highest BCUT2D eigenvalue weighted by atomic mass is 79.9. The van der Waals surface area contributed by atoms with Crippen LogP contribution < -0.4 is 4.74 Å². The Morgan fingerprint density at radius 2 is 2.00 bits per heavy atom. The molecule has 1 atom stereocenters. The van der Waals surface area contributed by atoms with Gasteiger partial charge in [-0.05, 0) is 61.4 Å². The topological polar surface area (TPSA) is 12.5 Å². The largest absolute Gasteiger partial charge is 0.493 e. The lowest BCUT2D eigenvalue weighted by atomic mass is 9.83. The average Bonchev–Trinajstić information content (AvgIpc) is 2.79. The molecule has 2 aliphatic rings. The average molecular weight is 366 g/mol. The lowest BCUT2D eigenvalue weighted by molar-refractivity contribution is 0.0826. The normalized spacial score (nSPS) is 24.2. The van der Waals surface area contributed by atoms with Gasteiger partial charge < -0.3 is 4.74 Å². The van der Waals surface area contributed by atoms with Gasteiger partial charge in [0.1, 0.15) is 5.75 Å². The molecular formula is C19H28BrNO. The van der Waals surface area contributed by atoms with Gasteiger partial charge in [-0.3, -0.25) is 4.90 Å². The molecule has 0 bridgehead atoms. The molecule has 1 aromatic rings. The molecule has 122 valence electrons. The van der Waals surface area contributed by atoms with E-state index in [0.717, 1.165) is 30.5 Å². The lowest BCUT2D eigenvalue weighted by Crippen LogP contribution is -2.39. The summed E-state index contributed by atoms with van der Waals surface area (Å²) in [4.78, 5) is 2.72. The van der Waals surface area contributed by atoms with Gasteiger partial charge in [-0.1, -0.05) is 48.3 Å². The number of piperidine rings is 1. The van der Waals surface area contributed by atoms with E-state index in [-0.39, 0.29) is 0 Å². The summed E-state index contributed by atoms with van der Waals surface area (Å²) in [6, 6.07) is 7.23. The Labute approximate surface area is 143 Å². The number of hydrogen-bond acceptors (Lipinski definition) is 2. The zero-order valence-electron chi connectivity index (χ0n) is 13.9. The van der Waals surface area contributed by atoms with Gasteiger partial charge in [0.25, 0.3) is 0 Å². The third-order valence-corrected chi connectivity index (χ3v) is 5.69. The van der Waals surface area contributed by atoms with Gasteiger partial charge in [0.2, 0.25) is 0 Å². The molecule has 0 spiro atoms. The molecule has 1 saturated heterocycles. The maximum absolute atomic E-state index is 6.07. The summed E-state index contributed by atoms with van der Waals surface area (Å²) >= 11 is 3.48. The van der Waals surface area contributed by atoms with Gasteiger partial charge in [-0.15, -0.1) is 0 Å². The second-order valence-corrected chi connectivity index (χ2v) is 8.17. The van der Waals surface area contributed by atoms with Crippen molar-refractivity contribution in [1.82, 2.24) is 4.90 Å². The van der Waals surface area contributed by atoms with Gasteiger partial charge in [0.05, 0.1) is 6.61 Å². The molecule has 0 amide bonds. The van der Waals surface area contributed by atoms with Crippen molar-refractivity contribution in [3.63, 3.8) is 0 Å². The third kappa shape index (κ3) is 3.21. The van der Waals surface area contributed by atoms with E-state index >= 15 is 0 Å². The van der Waals surface area contributed by atoms with E-state index in [1.807, 2.05) is 0 Å². The fourth-order valence-corrected chi connectivity index (χ4v) is 4.47. The van der Waals surface area contributed by atoms with E-state index in [0.29, 0.717) is 11.5 Å². The molecule has 3 rings (SSSR count). The molecule has 0 radical (unpaired) electrons. The molecule has 3 heteroatoms. The Hall–Kier alpha value is -0.540. The van der Waals surface area contributed by atoms with Gasteiger partial charge in [0, 0.05) is 11.4 Å². The fourth-order valence-electron chi connectivity index (χ4n) is 4.24. The number of nitrogens with zero attached hydrogens (tertiary/aromatic N) is 1. The Kier molecular flexibility index (Phi) is 5.13. The number of fused-ring (bicyclic) bond motifs is 1.